The third kappa shape index (κ3) is 15.8. The molecule has 0 aliphatic carbocycles. The van der Waals surface area contributed by atoms with Gasteiger partial charge in [0.15, 0.2) is 0 Å². The molecule has 7 amide bonds. The highest BCUT2D eigenvalue weighted by molar-refractivity contribution is 5.96. The number of aromatic amines is 2. The molecule has 24 nitrogen and oxygen atoms in total. The standard InChI is InChI=1S/C52H61N11O13/c1-27(64)45(61-47(70)37(53)19-29-11-15-33(66)16-12-29)50(73)57-25-43(68)58-40(21-31-23-54-38-9-5-3-7-35(31)38)49(72)63-62-41(22-32-24-55-39-10-6-4-8-36(32)39)48(71)56-26-44(69)60-46(28(2)65)51(74)59-42(52(75)76)20-30-13-17-34(67)18-14-30/h3-18,23-24,27-28,37,40-42,45-46,54-55,62,64-67H,19-22,25-26,53H2,1-2H3,(H,56,71)(H,57,73)(H,58,68)(H,59,74)(H,60,69)(H,61,70)(H,63,72)(H,75,76)/t27-,28-,37+,40+,41+,42+,45-,46-/m1/s1. The van der Waals surface area contributed by atoms with E-state index in [4.69, 9.17) is 5.73 Å². The van der Waals surface area contributed by atoms with Crippen LogP contribution in [-0.2, 0) is 64.0 Å². The fourth-order valence-corrected chi connectivity index (χ4v) is 8.12. The second-order valence-corrected chi connectivity index (χ2v) is 18.1. The monoisotopic (exact) mass is 1050 g/mol. The van der Waals surface area contributed by atoms with Crippen LogP contribution in [0.15, 0.2) is 109 Å². The summed E-state index contributed by atoms with van der Waals surface area (Å²) in [4.78, 5) is 113. The molecule has 0 aliphatic rings. The summed E-state index contributed by atoms with van der Waals surface area (Å²) in [7, 11) is 0. The molecule has 0 saturated carbocycles. The van der Waals surface area contributed by atoms with E-state index in [9.17, 15) is 63.9 Å². The lowest BCUT2D eigenvalue weighted by Crippen LogP contribution is -2.60. The van der Waals surface area contributed by atoms with E-state index in [0.29, 0.717) is 22.3 Å². The summed E-state index contributed by atoms with van der Waals surface area (Å²) >= 11 is 0. The van der Waals surface area contributed by atoms with Crippen LogP contribution in [0.5, 0.6) is 11.5 Å². The molecule has 6 rings (SSSR count). The van der Waals surface area contributed by atoms with Gasteiger partial charge in [-0.15, -0.1) is 0 Å². The van der Waals surface area contributed by atoms with Gasteiger partial charge in [0.2, 0.25) is 35.4 Å². The highest BCUT2D eigenvalue weighted by Crippen LogP contribution is 2.21. The van der Waals surface area contributed by atoms with Crippen molar-refractivity contribution in [1.82, 2.24) is 52.7 Å². The molecule has 402 valence electrons. The molecule has 0 aliphatic heterocycles. The third-order valence-corrected chi connectivity index (χ3v) is 12.2. The number of aliphatic hydroxyl groups is 2. The number of fused-ring (bicyclic) bond motifs is 2. The number of nitrogens with one attached hydrogen (secondary N) is 10. The first kappa shape index (κ1) is 56.5. The van der Waals surface area contributed by atoms with Crippen molar-refractivity contribution < 1.29 is 63.9 Å². The lowest BCUT2D eigenvalue weighted by Gasteiger charge is -2.24. The molecule has 2 heterocycles. The van der Waals surface area contributed by atoms with Crippen LogP contribution in [0.2, 0.25) is 0 Å². The summed E-state index contributed by atoms with van der Waals surface area (Å²) in [6, 6.07) is 17.5. The van der Waals surface area contributed by atoms with E-state index in [-0.39, 0.29) is 37.2 Å². The number of amides is 7. The zero-order valence-electron chi connectivity index (χ0n) is 41.3. The number of aliphatic carboxylic acids is 1. The Labute approximate surface area is 434 Å². The zero-order valence-corrected chi connectivity index (χ0v) is 41.3. The van der Waals surface area contributed by atoms with Gasteiger partial charge >= 0.3 is 5.97 Å². The first-order valence-corrected chi connectivity index (χ1v) is 24.1. The van der Waals surface area contributed by atoms with E-state index in [1.807, 2.05) is 12.1 Å². The average molecular weight is 1050 g/mol. The topological polar surface area (TPSA) is 392 Å². The number of hydrogen-bond donors (Lipinski definition) is 16. The minimum atomic E-state index is -1.66. The molecule has 17 N–H and O–H groups in total. The summed E-state index contributed by atoms with van der Waals surface area (Å²) in [6.45, 7) is 0.988. The molecule has 6 aromatic rings. The van der Waals surface area contributed by atoms with Gasteiger partial charge in [-0.2, -0.15) is 0 Å². The van der Waals surface area contributed by atoms with Crippen molar-refractivity contribution in [3.63, 3.8) is 0 Å². The maximum absolute atomic E-state index is 14.2. The number of para-hydroxylation sites is 2. The number of carbonyl (C=O) groups excluding carboxylic acids is 7. The molecule has 0 fully saturated rings. The molecule has 2 aromatic heterocycles. The molecule has 76 heavy (non-hydrogen) atoms. The normalized spacial score (nSPS) is 14.4. The van der Waals surface area contributed by atoms with Gasteiger partial charge in [-0.3, -0.25) is 39.0 Å². The van der Waals surface area contributed by atoms with Crippen LogP contribution in [0.25, 0.3) is 21.8 Å². The van der Waals surface area contributed by atoms with Gasteiger partial charge in [0.1, 0.15) is 41.7 Å². The number of rotatable bonds is 26. The Hall–Kier alpha value is -8.84. The number of aromatic nitrogens is 2. The van der Waals surface area contributed by atoms with Gasteiger partial charge in [0.25, 0.3) is 5.91 Å². The fourth-order valence-electron chi connectivity index (χ4n) is 8.12. The van der Waals surface area contributed by atoms with E-state index >= 15 is 0 Å². The largest absolute Gasteiger partial charge is 0.508 e. The molecule has 0 radical (unpaired) electrons. The highest BCUT2D eigenvalue weighted by Gasteiger charge is 2.32. The van der Waals surface area contributed by atoms with Gasteiger partial charge in [-0.25, -0.2) is 10.2 Å². The van der Waals surface area contributed by atoms with Gasteiger partial charge in [0.05, 0.1) is 31.3 Å². The maximum Gasteiger partial charge on any atom is 0.326 e. The van der Waals surface area contributed by atoms with Crippen molar-refractivity contribution in [2.75, 3.05) is 13.1 Å². The zero-order chi connectivity index (χ0) is 55.1. The van der Waals surface area contributed by atoms with Gasteiger partial charge in [-0.1, -0.05) is 60.7 Å². The van der Waals surface area contributed by atoms with Crippen LogP contribution >= 0.6 is 0 Å². The molecule has 24 heteroatoms. The van der Waals surface area contributed by atoms with E-state index in [2.05, 4.69) is 52.7 Å². The van der Waals surface area contributed by atoms with Gasteiger partial charge in [-0.05, 0) is 78.9 Å². The Kier molecular flexibility index (Phi) is 19.6. The van der Waals surface area contributed by atoms with Gasteiger partial charge < -0.3 is 73.1 Å². The predicted molar refractivity (Wildman–Crippen MR) is 275 cm³/mol. The second kappa shape index (κ2) is 26.4. The number of benzene rings is 4. The number of phenols is 2. The predicted octanol–water partition coefficient (Wildman–Crippen LogP) is -1.33. The summed E-state index contributed by atoms with van der Waals surface area (Å²) in [5, 5.41) is 65.8. The lowest BCUT2D eigenvalue weighted by atomic mass is 10.0. The Morgan fingerprint density at radius 2 is 0.987 bits per heavy atom. The molecule has 0 unspecified atom stereocenters. The van der Waals surface area contributed by atoms with E-state index in [0.717, 1.165) is 21.8 Å². The Bertz CT molecular complexity index is 3010. The third-order valence-electron chi connectivity index (χ3n) is 12.2. The van der Waals surface area contributed by atoms with Crippen LogP contribution in [0.4, 0.5) is 0 Å². The molecule has 0 spiro atoms. The summed E-state index contributed by atoms with van der Waals surface area (Å²) < 4.78 is 0. The number of nitrogens with two attached hydrogens (primary N) is 1. The number of aliphatic hydroxyl groups excluding tert-OH is 2. The Morgan fingerprint density at radius 3 is 1.51 bits per heavy atom. The number of aromatic hydroxyl groups is 2. The van der Waals surface area contributed by atoms with Crippen LogP contribution in [0.1, 0.15) is 36.1 Å². The summed E-state index contributed by atoms with van der Waals surface area (Å²) in [5.74, 6) is -7.64. The average Bonchev–Trinajstić information content (AvgIpc) is 4.00. The highest BCUT2D eigenvalue weighted by atomic mass is 16.4. The first-order chi connectivity index (χ1) is 36.3. The van der Waals surface area contributed by atoms with Crippen LogP contribution in [-0.4, -0.2) is 144 Å². The van der Waals surface area contributed by atoms with Crippen molar-refractivity contribution in [1.29, 1.82) is 0 Å². The van der Waals surface area contributed by atoms with Crippen LogP contribution in [0.3, 0.4) is 0 Å². The second-order valence-electron chi connectivity index (χ2n) is 18.1. The smallest absolute Gasteiger partial charge is 0.326 e. The minimum Gasteiger partial charge on any atom is -0.508 e. The van der Waals surface area contributed by atoms with Crippen molar-refractivity contribution in [2.24, 2.45) is 5.73 Å². The SMILES string of the molecule is C[C@@H](O)[C@@H](NC(=O)CNC(=O)[C@H](Cc1c[nH]c2ccccc12)NNC(=O)[C@H](Cc1c[nH]c2ccccc12)NC(=O)CNC(=O)[C@H](NC(=O)[C@@H](N)Cc1ccc(O)cc1)[C@@H](C)O)C(=O)N[C@@H](Cc1ccc(O)cc1)C(=O)O. The number of hydrazine groups is 1. The van der Waals surface area contributed by atoms with Gasteiger partial charge in [0, 0.05) is 53.5 Å². The fraction of sp³-hybridized carbons (Fsp3) is 0.308. The quantitative estimate of drug-likeness (QED) is 0.0280. The number of carbonyl (C=O) groups is 8. The van der Waals surface area contributed by atoms with Crippen molar-refractivity contribution >= 4 is 69.1 Å². The molecule has 0 bridgehead atoms. The van der Waals surface area contributed by atoms with E-state index < -0.39 is 109 Å². The molecular formula is C52H61N11O13. The number of hydrogen-bond acceptors (Lipinski definition) is 14. The first-order valence-electron chi connectivity index (χ1n) is 24.1. The number of carboxylic acids is 1. The Morgan fingerprint density at radius 1 is 0.513 bits per heavy atom. The molecule has 0 saturated heterocycles. The number of H-pyrrole nitrogens is 2. The minimum absolute atomic E-state index is 0.0171. The molecule has 4 aromatic carbocycles. The van der Waals surface area contributed by atoms with E-state index in [1.54, 1.807) is 60.9 Å². The van der Waals surface area contributed by atoms with Crippen molar-refractivity contribution in [2.45, 2.75) is 88.0 Å². The van der Waals surface area contributed by atoms with Crippen LogP contribution in [0, 0.1) is 0 Å². The Balaban J connectivity index is 1.12. The molecule has 8 atom stereocenters. The van der Waals surface area contributed by atoms with Crippen molar-refractivity contribution in [3.05, 3.63) is 132 Å². The van der Waals surface area contributed by atoms with Crippen molar-refractivity contribution in [3.8, 4) is 11.5 Å². The lowest BCUT2D eigenvalue weighted by molar-refractivity contribution is -0.143. The number of carboxylic acid groups (broad SMARTS) is 1. The summed E-state index contributed by atoms with van der Waals surface area (Å²) in [6.07, 6.45) is 0.0210. The number of phenolic OH excluding ortho intramolecular Hbond substituents is 2. The molecular weight excluding hydrogens is 987 g/mol. The van der Waals surface area contributed by atoms with E-state index in [1.165, 1.54) is 50.2 Å². The van der Waals surface area contributed by atoms with Crippen LogP contribution < -0.4 is 48.5 Å². The summed E-state index contributed by atoms with van der Waals surface area (Å²) in [5.41, 5.74) is 15.1. The maximum atomic E-state index is 14.2.